The zero-order valence-corrected chi connectivity index (χ0v) is 17.6. The number of ether oxygens (including phenoxy) is 1. The number of hydrogen-bond donors (Lipinski definition) is 2. The maximum Gasteiger partial charge on any atom is 0.191 e. The van der Waals surface area contributed by atoms with Crippen molar-refractivity contribution in [2.45, 2.75) is 45.3 Å². The third kappa shape index (κ3) is 6.66. The fourth-order valence-electron chi connectivity index (χ4n) is 3.44. The van der Waals surface area contributed by atoms with Gasteiger partial charge >= 0.3 is 0 Å². The first-order chi connectivity index (χ1) is 14.3. The molecular weight excluding hydrogens is 362 g/mol. The van der Waals surface area contributed by atoms with E-state index in [1.807, 2.05) is 48.7 Å². The minimum absolute atomic E-state index is 0.0684. The molecule has 0 radical (unpaired) electrons. The highest BCUT2D eigenvalue weighted by Crippen LogP contribution is 2.17. The molecule has 1 aliphatic heterocycles. The average molecular weight is 396 g/mol. The largest absolute Gasteiger partial charge is 0.489 e. The Morgan fingerprint density at radius 2 is 1.90 bits per heavy atom. The number of pyridine rings is 1. The van der Waals surface area contributed by atoms with Crippen molar-refractivity contribution in [3.8, 4) is 5.75 Å². The molecule has 1 aromatic carbocycles. The number of rotatable bonds is 8. The number of guanidine groups is 1. The summed E-state index contributed by atoms with van der Waals surface area (Å²) >= 11 is 0. The van der Waals surface area contributed by atoms with E-state index < -0.39 is 0 Å². The quantitative estimate of drug-likeness (QED) is 0.529. The molecule has 6 nitrogen and oxygen atoms in total. The van der Waals surface area contributed by atoms with E-state index >= 15 is 0 Å². The molecule has 1 aliphatic rings. The molecule has 156 valence electrons. The van der Waals surface area contributed by atoms with Crippen LogP contribution in [0.2, 0.25) is 0 Å². The van der Waals surface area contributed by atoms with E-state index in [4.69, 9.17) is 9.73 Å². The zero-order valence-electron chi connectivity index (χ0n) is 17.6. The highest BCUT2D eigenvalue weighted by atomic mass is 16.5. The Labute approximate surface area is 174 Å². The van der Waals surface area contributed by atoms with Crippen molar-refractivity contribution in [3.05, 3.63) is 54.7 Å². The van der Waals surface area contributed by atoms with Gasteiger partial charge in [-0.3, -0.25) is 0 Å². The first-order valence-electron chi connectivity index (χ1n) is 10.7. The van der Waals surface area contributed by atoms with Crippen LogP contribution < -0.4 is 20.3 Å². The third-order valence-corrected chi connectivity index (χ3v) is 5.11. The molecule has 0 bridgehead atoms. The molecular formula is C23H33N5O. The van der Waals surface area contributed by atoms with Crippen molar-refractivity contribution >= 4 is 11.8 Å². The lowest BCUT2D eigenvalue weighted by atomic mass is 10.1. The topological polar surface area (TPSA) is 61.8 Å². The van der Waals surface area contributed by atoms with Crippen LogP contribution in [-0.4, -0.2) is 49.3 Å². The molecule has 1 aromatic heterocycles. The van der Waals surface area contributed by atoms with E-state index in [1.165, 1.54) is 0 Å². The first-order valence-corrected chi connectivity index (χ1v) is 10.7. The molecule has 0 amide bonds. The summed E-state index contributed by atoms with van der Waals surface area (Å²) in [7, 11) is 0. The molecule has 3 rings (SSSR count). The highest BCUT2D eigenvalue weighted by molar-refractivity contribution is 5.80. The van der Waals surface area contributed by atoms with Gasteiger partial charge in [-0.25, -0.2) is 9.98 Å². The third-order valence-electron chi connectivity index (χ3n) is 5.11. The number of aromatic nitrogens is 1. The van der Waals surface area contributed by atoms with Gasteiger partial charge in [0.2, 0.25) is 0 Å². The Morgan fingerprint density at radius 1 is 1.14 bits per heavy atom. The molecule has 1 unspecified atom stereocenters. The molecule has 0 spiro atoms. The molecule has 2 aromatic rings. The summed E-state index contributed by atoms with van der Waals surface area (Å²) in [6.45, 7) is 7.71. The summed E-state index contributed by atoms with van der Waals surface area (Å²) in [5.74, 6) is 2.84. The monoisotopic (exact) mass is 395 g/mol. The van der Waals surface area contributed by atoms with Crippen molar-refractivity contribution in [2.75, 3.05) is 31.1 Å². The van der Waals surface area contributed by atoms with E-state index in [0.717, 1.165) is 56.4 Å². The van der Waals surface area contributed by atoms with Crippen LogP contribution in [0.4, 0.5) is 5.82 Å². The lowest BCUT2D eigenvalue weighted by molar-refractivity contribution is 0.205. The first kappa shape index (κ1) is 21.0. The van der Waals surface area contributed by atoms with Crippen LogP contribution in [0.3, 0.4) is 0 Å². The van der Waals surface area contributed by atoms with Crippen LogP contribution in [0.5, 0.6) is 5.75 Å². The van der Waals surface area contributed by atoms with Crippen LogP contribution in [-0.2, 0) is 0 Å². The van der Waals surface area contributed by atoms with E-state index in [-0.39, 0.29) is 6.10 Å². The maximum atomic E-state index is 6.07. The molecule has 0 saturated carbocycles. The summed E-state index contributed by atoms with van der Waals surface area (Å²) in [6.07, 6.45) is 4.98. The molecule has 2 heterocycles. The summed E-state index contributed by atoms with van der Waals surface area (Å²) in [5.41, 5.74) is 0. The van der Waals surface area contributed by atoms with Gasteiger partial charge in [-0.15, -0.1) is 0 Å². The number of nitrogens with one attached hydrogen (secondary N) is 2. The van der Waals surface area contributed by atoms with Crippen LogP contribution in [0.1, 0.15) is 33.1 Å². The fourth-order valence-corrected chi connectivity index (χ4v) is 3.44. The summed E-state index contributed by atoms with van der Waals surface area (Å²) in [5, 5.41) is 6.98. The number of hydrogen-bond acceptors (Lipinski definition) is 4. The van der Waals surface area contributed by atoms with Gasteiger partial charge in [0.1, 0.15) is 17.7 Å². The average Bonchev–Trinajstić information content (AvgIpc) is 2.78. The Hall–Kier alpha value is -2.76. The Balaban J connectivity index is 1.51. The summed E-state index contributed by atoms with van der Waals surface area (Å²) in [6, 6.07) is 16.5. The number of nitrogens with zero attached hydrogens (tertiary/aromatic N) is 3. The normalized spacial score (nSPS) is 16.3. The molecule has 1 fully saturated rings. The van der Waals surface area contributed by atoms with Crippen molar-refractivity contribution in [3.63, 3.8) is 0 Å². The molecule has 1 saturated heterocycles. The Morgan fingerprint density at radius 3 is 2.55 bits per heavy atom. The van der Waals surface area contributed by atoms with E-state index in [9.17, 15) is 0 Å². The molecule has 0 aliphatic carbocycles. The molecule has 6 heteroatoms. The second-order valence-electron chi connectivity index (χ2n) is 7.27. The van der Waals surface area contributed by atoms with Crippen LogP contribution >= 0.6 is 0 Å². The Bertz CT molecular complexity index is 729. The SMILES string of the molecule is CCNC(=NCC(CC)Oc1ccccc1)NC1CCN(c2ccccn2)CC1. The van der Waals surface area contributed by atoms with Gasteiger partial charge in [0, 0.05) is 31.9 Å². The van der Waals surface area contributed by atoms with Crippen molar-refractivity contribution < 1.29 is 4.74 Å². The predicted molar refractivity (Wildman–Crippen MR) is 120 cm³/mol. The van der Waals surface area contributed by atoms with E-state index in [2.05, 4.69) is 40.4 Å². The fraction of sp³-hybridized carbons (Fsp3) is 0.478. The van der Waals surface area contributed by atoms with Gasteiger partial charge in [-0.05, 0) is 50.5 Å². The van der Waals surface area contributed by atoms with Gasteiger partial charge in [0.05, 0.1) is 6.54 Å². The number of aliphatic imine (C=N–C) groups is 1. The van der Waals surface area contributed by atoms with Crippen LogP contribution in [0.15, 0.2) is 59.7 Å². The standard InChI is InChI=1S/C23H33N5O/c1-3-20(29-21-10-6-5-7-11-21)18-26-23(24-4-2)27-19-13-16-28(17-14-19)22-12-8-9-15-25-22/h5-12,15,19-20H,3-4,13-14,16-18H2,1-2H3,(H2,24,26,27). The smallest absolute Gasteiger partial charge is 0.191 e. The van der Waals surface area contributed by atoms with Gasteiger partial charge in [0.15, 0.2) is 5.96 Å². The minimum Gasteiger partial charge on any atom is -0.489 e. The van der Waals surface area contributed by atoms with Crippen molar-refractivity contribution in [2.24, 2.45) is 4.99 Å². The maximum absolute atomic E-state index is 6.07. The number of anilines is 1. The predicted octanol–water partition coefficient (Wildman–Crippen LogP) is 3.46. The van der Waals surface area contributed by atoms with Gasteiger partial charge in [0.25, 0.3) is 0 Å². The zero-order chi connectivity index (χ0) is 20.3. The number of benzene rings is 1. The van der Waals surface area contributed by atoms with E-state index in [1.54, 1.807) is 0 Å². The number of para-hydroxylation sites is 1. The minimum atomic E-state index is 0.0684. The second kappa shape index (κ2) is 11.3. The van der Waals surface area contributed by atoms with Gasteiger partial charge < -0.3 is 20.3 Å². The van der Waals surface area contributed by atoms with Crippen LogP contribution in [0.25, 0.3) is 0 Å². The van der Waals surface area contributed by atoms with Gasteiger partial charge in [-0.1, -0.05) is 31.2 Å². The van der Waals surface area contributed by atoms with Crippen molar-refractivity contribution in [1.29, 1.82) is 0 Å². The molecule has 2 N–H and O–H groups in total. The Kier molecular flexibility index (Phi) is 8.16. The van der Waals surface area contributed by atoms with Gasteiger partial charge in [-0.2, -0.15) is 0 Å². The lowest BCUT2D eigenvalue weighted by Gasteiger charge is -2.33. The molecule has 1 atom stereocenters. The number of piperidine rings is 1. The van der Waals surface area contributed by atoms with Crippen molar-refractivity contribution in [1.82, 2.24) is 15.6 Å². The van der Waals surface area contributed by atoms with Crippen LogP contribution in [0, 0.1) is 0 Å². The van der Waals surface area contributed by atoms with E-state index in [0.29, 0.717) is 12.6 Å². The highest BCUT2D eigenvalue weighted by Gasteiger charge is 2.21. The second-order valence-corrected chi connectivity index (χ2v) is 7.27. The lowest BCUT2D eigenvalue weighted by Crippen LogP contribution is -2.49. The summed E-state index contributed by atoms with van der Waals surface area (Å²) in [4.78, 5) is 11.6. The summed E-state index contributed by atoms with van der Waals surface area (Å²) < 4.78 is 6.07. The molecule has 29 heavy (non-hydrogen) atoms.